The third-order valence-electron chi connectivity index (χ3n) is 8.51. The lowest BCUT2D eigenvalue weighted by atomic mass is 9.44. The maximum atomic E-state index is 16.7. The summed E-state index contributed by atoms with van der Waals surface area (Å²) in [7, 11) is 0. The largest absolute Gasteiger partial charge is 0.390 e. The highest BCUT2D eigenvalue weighted by atomic mass is 19.1. The summed E-state index contributed by atoms with van der Waals surface area (Å²) in [5.41, 5.74) is -3.35. The molecule has 0 spiro atoms. The number of fused-ring (bicyclic) bond motifs is 5. The second-order valence-electron chi connectivity index (χ2n) is 9.55. The average molecular weight is 366 g/mol. The van der Waals surface area contributed by atoms with Crippen LogP contribution in [0.2, 0.25) is 0 Å². The first-order valence-corrected chi connectivity index (χ1v) is 9.82. The number of aliphatic hydroxyl groups excluding tert-OH is 1. The van der Waals surface area contributed by atoms with E-state index in [4.69, 9.17) is 0 Å². The molecule has 3 fully saturated rings. The Balaban J connectivity index is 1.83. The zero-order valence-electron chi connectivity index (χ0n) is 15.7. The fourth-order valence-electron chi connectivity index (χ4n) is 7.23. The van der Waals surface area contributed by atoms with E-state index in [0.29, 0.717) is 12.8 Å². The van der Waals surface area contributed by atoms with Gasteiger partial charge in [-0.25, -0.2) is 8.78 Å². The van der Waals surface area contributed by atoms with Gasteiger partial charge in [0.2, 0.25) is 0 Å². The number of rotatable bonds is 1. The molecule has 4 aliphatic rings. The molecule has 8 atom stereocenters. The molecule has 0 aromatic heterocycles. The second kappa shape index (κ2) is 5.46. The Morgan fingerprint density at radius 1 is 1.27 bits per heavy atom. The number of ketones is 2. The second-order valence-corrected chi connectivity index (χ2v) is 9.55. The first-order valence-electron chi connectivity index (χ1n) is 9.82. The van der Waals surface area contributed by atoms with E-state index in [0.717, 1.165) is 0 Å². The summed E-state index contributed by atoms with van der Waals surface area (Å²) in [5, 5.41) is 11.0. The third kappa shape index (κ3) is 2.01. The molecule has 0 aliphatic heterocycles. The van der Waals surface area contributed by atoms with Gasteiger partial charge < -0.3 is 5.11 Å². The van der Waals surface area contributed by atoms with E-state index < -0.39 is 34.7 Å². The standard InChI is InChI=1S/C21H28F2O3/c1-11(24)13-4-5-14-15-9-17(22)16-8-12(25)6-7-20(16,3)21(15,23)18(26)10-19(13,14)2/h8,13-15,17-18,26H,4-7,9-10H2,1-3H3/t13-,14+,15+,17+,18+,19-,20+,21+/m1/s1. The lowest BCUT2D eigenvalue weighted by Crippen LogP contribution is -2.68. The summed E-state index contributed by atoms with van der Waals surface area (Å²) in [6, 6.07) is 0. The van der Waals surface area contributed by atoms with Crippen LogP contribution in [-0.4, -0.2) is 34.6 Å². The van der Waals surface area contributed by atoms with Gasteiger partial charge >= 0.3 is 0 Å². The first kappa shape index (κ1) is 18.3. The van der Waals surface area contributed by atoms with Crippen molar-refractivity contribution in [2.75, 3.05) is 0 Å². The van der Waals surface area contributed by atoms with Crippen LogP contribution in [0, 0.1) is 28.6 Å². The zero-order valence-corrected chi connectivity index (χ0v) is 15.7. The molecule has 0 amide bonds. The number of Topliss-reactive ketones (excluding diaryl/α,β-unsaturated/α-hetero) is 1. The molecule has 1 N–H and O–H groups in total. The van der Waals surface area contributed by atoms with Crippen LogP contribution in [0.25, 0.3) is 0 Å². The highest BCUT2D eigenvalue weighted by Crippen LogP contribution is 2.69. The van der Waals surface area contributed by atoms with E-state index in [2.05, 4.69) is 0 Å². The maximum Gasteiger partial charge on any atom is 0.155 e. The van der Waals surface area contributed by atoms with Gasteiger partial charge in [0.1, 0.15) is 17.6 Å². The summed E-state index contributed by atoms with van der Waals surface area (Å²) in [6.45, 7) is 5.23. The van der Waals surface area contributed by atoms with Gasteiger partial charge in [-0.2, -0.15) is 0 Å². The molecule has 26 heavy (non-hydrogen) atoms. The number of aliphatic hydroxyl groups is 1. The number of hydrogen-bond donors (Lipinski definition) is 1. The van der Waals surface area contributed by atoms with Crippen LogP contribution in [-0.2, 0) is 9.59 Å². The van der Waals surface area contributed by atoms with Crippen molar-refractivity contribution in [3.05, 3.63) is 11.6 Å². The van der Waals surface area contributed by atoms with Crippen LogP contribution < -0.4 is 0 Å². The Kier molecular flexibility index (Phi) is 3.84. The number of hydrogen-bond acceptors (Lipinski definition) is 3. The number of alkyl halides is 2. The van der Waals surface area contributed by atoms with Crippen LogP contribution >= 0.6 is 0 Å². The number of carbonyl (C=O) groups excluding carboxylic acids is 2. The topological polar surface area (TPSA) is 54.4 Å². The molecule has 0 bridgehead atoms. The average Bonchev–Trinajstić information content (AvgIpc) is 2.89. The van der Waals surface area contributed by atoms with Gasteiger partial charge in [-0.3, -0.25) is 9.59 Å². The van der Waals surface area contributed by atoms with Gasteiger partial charge in [0.05, 0.1) is 6.10 Å². The SMILES string of the molecule is CC(=O)[C@H]1CC[C@H]2[C@@H]3C[C@H](F)C4=CC(=O)CC[C@]4(C)[C@@]3(F)[C@@H](O)C[C@]12C. The van der Waals surface area contributed by atoms with Crippen LogP contribution in [0.5, 0.6) is 0 Å². The van der Waals surface area contributed by atoms with Crippen molar-refractivity contribution in [1.82, 2.24) is 0 Å². The molecule has 3 nitrogen and oxygen atoms in total. The van der Waals surface area contributed by atoms with Crippen molar-refractivity contribution in [2.45, 2.75) is 77.2 Å². The van der Waals surface area contributed by atoms with Gasteiger partial charge in [-0.15, -0.1) is 0 Å². The van der Waals surface area contributed by atoms with E-state index in [1.54, 1.807) is 13.8 Å². The molecule has 0 unspecified atom stereocenters. The fraction of sp³-hybridized carbons (Fsp3) is 0.810. The minimum absolute atomic E-state index is 0.00680. The van der Waals surface area contributed by atoms with Gasteiger partial charge in [-0.1, -0.05) is 13.8 Å². The van der Waals surface area contributed by atoms with E-state index in [1.807, 2.05) is 6.92 Å². The van der Waals surface area contributed by atoms with E-state index in [9.17, 15) is 14.7 Å². The highest BCUT2D eigenvalue weighted by Gasteiger charge is 2.72. The molecule has 3 saturated carbocycles. The minimum Gasteiger partial charge on any atom is -0.390 e. The molecular weight excluding hydrogens is 338 g/mol. The fourth-order valence-corrected chi connectivity index (χ4v) is 7.23. The van der Waals surface area contributed by atoms with Crippen LogP contribution in [0.3, 0.4) is 0 Å². The monoisotopic (exact) mass is 366 g/mol. The highest BCUT2D eigenvalue weighted by molar-refractivity contribution is 5.92. The Bertz CT molecular complexity index is 703. The molecule has 0 aromatic rings. The normalized spacial score (nSPS) is 53.4. The van der Waals surface area contributed by atoms with E-state index in [1.165, 1.54) is 6.08 Å². The smallest absolute Gasteiger partial charge is 0.155 e. The Hall–Kier alpha value is -1.10. The molecule has 4 rings (SSSR count). The summed E-state index contributed by atoms with van der Waals surface area (Å²) in [4.78, 5) is 24.0. The van der Waals surface area contributed by atoms with Crippen LogP contribution in [0.1, 0.15) is 59.3 Å². The van der Waals surface area contributed by atoms with Crippen molar-refractivity contribution in [3.8, 4) is 0 Å². The van der Waals surface area contributed by atoms with Crippen molar-refractivity contribution < 1.29 is 23.5 Å². The number of allylic oxidation sites excluding steroid dienone is 1. The minimum atomic E-state index is -1.95. The van der Waals surface area contributed by atoms with Gasteiger partial charge in [0, 0.05) is 23.7 Å². The first-order chi connectivity index (χ1) is 12.1. The maximum absolute atomic E-state index is 16.7. The Morgan fingerprint density at radius 2 is 1.96 bits per heavy atom. The number of halogens is 2. The lowest BCUT2D eigenvalue weighted by Gasteiger charge is -2.63. The van der Waals surface area contributed by atoms with Crippen molar-refractivity contribution in [3.63, 3.8) is 0 Å². The lowest BCUT2D eigenvalue weighted by molar-refractivity contribution is -0.214. The van der Waals surface area contributed by atoms with Crippen molar-refractivity contribution in [1.29, 1.82) is 0 Å². The molecule has 0 aromatic carbocycles. The van der Waals surface area contributed by atoms with Gasteiger partial charge in [0.15, 0.2) is 5.78 Å². The third-order valence-corrected chi connectivity index (χ3v) is 8.51. The molecular formula is C21H28F2O3. The Morgan fingerprint density at radius 3 is 2.62 bits per heavy atom. The molecule has 4 aliphatic carbocycles. The van der Waals surface area contributed by atoms with Gasteiger partial charge in [-0.05, 0) is 62.0 Å². The Labute approximate surface area is 153 Å². The summed E-state index contributed by atoms with van der Waals surface area (Å²) in [6.07, 6.45) is 0.717. The predicted octanol–water partition coefficient (Wildman–Crippen LogP) is 3.73. The van der Waals surface area contributed by atoms with E-state index >= 15 is 8.78 Å². The molecule has 5 heteroatoms. The van der Waals surface area contributed by atoms with Crippen LogP contribution in [0.4, 0.5) is 8.78 Å². The van der Waals surface area contributed by atoms with Crippen molar-refractivity contribution >= 4 is 11.6 Å². The predicted molar refractivity (Wildman–Crippen MR) is 92.9 cm³/mol. The van der Waals surface area contributed by atoms with Crippen LogP contribution in [0.15, 0.2) is 11.6 Å². The van der Waals surface area contributed by atoms with Crippen molar-refractivity contribution in [2.24, 2.45) is 28.6 Å². The molecule has 0 saturated heterocycles. The summed E-state index contributed by atoms with van der Waals surface area (Å²) < 4.78 is 31.8. The molecule has 0 radical (unpaired) electrons. The number of carbonyl (C=O) groups is 2. The van der Waals surface area contributed by atoms with E-state index in [-0.39, 0.29) is 54.7 Å². The molecule has 0 heterocycles. The molecule has 144 valence electrons. The summed E-state index contributed by atoms with van der Waals surface area (Å²) >= 11 is 0. The van der Waals surface area contributed by atoms with Gasteiger partial charge in [0.25, 0.3) is 0 Å². The summed E-state index contributed by atoms with van der Waals surface area (Å²) in [5.74, 6) is -1.00. The quantitative estimate of drug-likeness (QED) is 0.769. The zero-order chi connectivity index (χ0) is 19.1.